The third kappa shape index (κ3) is 5.13. The summed E-state index contributed by atoms with van der Waals surface area (Å²) in [7, 11) is 0. The van der Waals surface area contributed by atoms with Crippen LogP contribution >= 0.6 is 0 Å². The summed E-state index contributed by atoms with van der Waals surface area (Å²) in [4.78, 5) is 23.8. The summed E-state index contributed by atoms with van der Waals surface area (Å²) < 4.78 is 11.7. The van der Waals surface area contributed by atoms with Crippen LogP contribution in [0.3, 0.4) is 0 Å². The van der Waals surface area contributed by atoms with Gasteiger partial charge in [-0.05, 0) is 41.5 Å². The van der Waals surface area contributed by atoms with Gasteiger partial charge in [-0.15, -0.1) is 0 Å². The molecule has 0 heterocycles. The van der Waals surface area contributed by atoms with Crippen LogP contribution in [0.15, 0.2) is 71.8 Å². The van der Waals surface area contributed by atoms with Gasteiger partial charge < -0.3 is 9.47 Å². The van der Waals surface area contributed by atoms with Gasteiger partial charge >= 0.3 is 11.9 Å². The molecule has 4 atom stereocenters. The van der Waals surface area contributed by atoms with Crippen molar-refractivity contribution in [3.05, 3.63) is 82.9 Å². The van der Waals surface area contributed by atoms with E-state index in [9.17, 15) is 9.59 Å². The van der Waals surface area contributed by atoms with Crippen molar-refractivity contribution in [1.29, 1.82) is 0 Å². The van der Waals surface area contributed by atoms with Gasteiger partial charge in [0.25, 0.3) is 0 Å². The second kappa shape index (κ2) is 9.34. The van der Waals surface area contributed by atoms with E-state index in [4.69, 9.17) is 9.47 Å². The molecule has 160 valence electrons. The van der Waals surface area contributed by atoms with Gasteiger partial charge in [0.05, 0.1) is 0 Å². The van der Waals surface area contributed by atoms with Gasteiger partial charge in [0.15, 0.2) is 0 Å². The summed E-state index contributed by atoms with van der Waals surface area (Å²) in [6, 6.07) is 20.2. The van der Waals surface area contributed by atoms with Gasteiger partial charge in [0.2, 0.25) is 0 Å². The minimum absolute atomic E-state index is 0.166. The molecule has 0 N–H and O–H groups in total. The summed E-state index contributed by atoms with van der Waals surface area (Å²) in [5.74, 6) is -0.199. The predicted molar refractivity (Wildman–Crippen MR) is 121 cm³/mol. The lowest BCUT2D eigenvalue weighted by Crippen LogP contribution is -2.45. The number of rotatable bonds is 4. The molecule has 2 bridgehead atoms. The van der Waals surface area contributed by atoms with E-state index in [1.54, 1.807) is 0 Å². The highest BCUT2D eigenvalue weighted by Gasteiger charge is 2.45. The van der Waals surface area contributed by atoms with E-state index >= 15 is 0 Å². The van der Waals surface area contributed by atoms with E-state index in [0.29, 0.717) is 0 Å². The van der Waals surface area contributed by atoms with Crippen molar-refractivity contribution in [2.75, 3.05) is 0 Å². The van der Waals surface area contributed by atoms with Gasteiger partial charge in [-0.3, -0.25) is 9.59 Å². The molecule has 2 aliphatic rings. The Morgan fingerprint density at radius 2 is 1.10 bits per heavy atom. The molecule has 0 aliphatic heterocycles. The monoisotopic (exact) mass is 416 g/mol. The van der Waals surface area contributed by atoms with Crippen LogP contribution in [0.4, 0.5) is 0 Å². The molecule has 2 fully saturated rings. The molecule has 2 aromatic rings. The Balaban J connectivity index is 1.71. The van der Waals surface area contributed by atoms with Gasteiger partial charge in [-0.2, -0.15) is 0 Å². The quantitative estimate of drug-likeness (QED) is 0.622. The van der Waals surface area contributed by atoms with Gasteiger partial charge in [-0.1, -0.05) is 72.8 Å². The summed E-state index contributed by atoms with van der Waals surface area (Å²) in [6.07, 6.45) is 6.07. The topological polar surface area (TPSA) is 52.6 Å². The highest BCUT2D eigenvalue weighted by atomic mass is 16.5. The normalized spacial score (nSPS) is 27.7. The molecule has 4 nitrogen and oxygen atoms in total. The Labute approximate surface area is 183 Å². The number of hydrogen-bond acceptors (Lipinski definition) is 4. The molecule has 4 rings (SSSR count). The van der Waals surface area contributed by atoms with Crippen molar-refractivity contribution < 1.29 is 19.1 Å². The molecule has 0 aromatic heterocycles. The number of benzene rings is 2. The second-order valence-corrected chi connectivity index (χ2v) is 8.48. The van der Waals surface area contributed by atoms with Crippen LogP contribution in [-0.2, 0) is 19.1 Å². The van der Waals surface area contributed by atoms with E-state index in [2.05, 4.69) is 12.2 Å². The van der Waals surface area contributed by atoms with Gasteiger partial charge in [-0.25, -0.2) is 0 Å². The average molecular weight is 417 g/mol. The number of esters is 2. The van der Waals surface area contributed by atoms with Crippen molar-refractivity contribution >= 4 is 24.1 Å². The number of carbonyl (C=O) groups is 2. The molecule has 2 aromatic carbocycles. The molecule has 0 saturated heterocycles. The molecular formula is C27H28O4. The van der Waals surface area contributed by atoms with Crippen LogP contribution in [0, 0.1) is 11.8 Å². The fourth-order valence-corrected chi connectivity index (χ4v) is 4.97. The zero-order valence-electron chi connectivity index (χ0n) is 18.0. The van der Waals surface area contributed by atoms with Crippen LogP contribution < -0.4 is 0 Å². The SMILES string of the molecule is CC(=O)O[C@@H]1/C(=C/c2ccccc2)C[C@H]2C[C@@H]1C/C(=C\c1ccccc1)[C@H]2OC(C)=O. The Kier molecular flexibility index (Phi) is 6.36. The van der Waals surface area contributed by atoms with Crippen molar-refractivity contribution in [2.24, 2.45) is 11.8 Å². The summed E-state index contributed by atoms with van der Waals surface area (Å²) in [5.41, 5.74) is 4.36. The van der Waals surface area contributed by atoms with Crippen LogP contribution in [0.25, 0.3) is 12.2 Å². The third-order valence-electron chi connectivity index (χ3n) is 6.08. The second-order valence-electron chi connectivity index (χ2n) is 8.48. The maximum absolute atomic E-state index is 11.9. The molecule has 0 radical (unpaired) electrons. The molecule has 0 amide bonds. The highest BCUT2D eigenvalue weighted by molar-refractivity contribution is 5.68. The van der Waals surface area contributed by atoms with Crippen molar-refractivity contribution in [3.63, 3.8) is 0 Å². The van der Waals surface area contributed by atoms with E-state index in [1.807, 2.05) is 60.7 Å². The van der Waals surface area contributed by atoms with Crippen LogP contribution in [0.2, 0.25) is 0 Å². The molecule has 4 heteroatoms. The van der Waals surface area contributed by atoms with E-state index in [0.717, 1.165) is 41.5 Å². The Bertz CT molecular complexity index is 909. The molecule has 2 saturated carbocycles. The third-order valence-corrected chi connectivity index (χ3v) is 6.08. The minimum atomic E-state index is -0.266. The predicted octanol–water partition coefficient (Wildman–Crippen LogP) is 5.45. The maximum Gasteiger partial charge on any atom is 0.303 e. The molecule has 31 heavy (non-hydrogen) atoms. The molecular weight excluding hydrogens is 388 g/mol. The maximum atomic E-state index is 11.9. The smallest absolute Gasteiger partial charge is 0.303 e. The van der Waals surface area contributed by atoms with Crippen molar-refractivity contribution in [1.82, 2.24) is 0 Å². The van der Waals surface area contributed by atoms with Gasteiger partial charge in [0, 0.05) is 25.7 Å². The zero-order valence-corrected chi connectivity index (χ0v) is 18.0. The molecule has 0 unspecified atom stereocenters. The van der Waals surface area contributed by atoms with E-state index < -0.39 is 0 Å². The molecule has 0 spiro atoms. The first-order chi connectivity index (χ1) is 15.0. The first kappa shape index (κ1) is 21.1. The summed E-state index contributed by atoms with van der Waals surface area (Å²) in [5, 5.41) is 0. The highest BCUT2D eigenvalue weighted by Crippen LogP contribution is 2.48. The fourth-order valence-electron chi connectivity index (χ4n) is 4.97. The van der Waals surface area contributed by atoms with Crippen LogP contribution in [-0.4, -0.2) is 24.1 Å². The first-order valence-electron chi connectivity index (χ1n) is 10.8. The van der Waals surface area contributed by atoms with E-state index in [-0.39, 0.29) is 36.0 Å². The van der Waals surface area contributed by atoms with Crippen LogP contribution in [0.5, 0.6) is 0 Å². The van der Waals surface area contributed by atoms with Gasteiger partial charge in [0.1, 0.15) is 12.2 Å². The van der Waals surface area contributed by atoms with Crippen molar-refractivity contribution in [2.45, 2.75) is 45.3 Å². The molecule has 2 aliphatic carbocycles. The van der Waals surface area contributed by atoms with E-state index in [1.165, 1.54) is 13.8 Å². The average Bonchev–Trinajstić information content (AvgIpc) is 2.74. The largest absolute Gasteiger partial charge is 0.458 e. The Morgan fingerprint density at radius 1 is 0.710 bits per heavy atom. The number of ether oxygens (including phenoxy) is 2. The Hall–Kier alpha value is -3.14. The first-order valence-corrected chi connectivity index (χ1v) is 10.8. The summed E-state index contributed by atoms with van der Waals surface area (Å²) >= 11 is 0. The lowest BCUT2D eigenvalue weighted by atomic mass is 9.65. The number of fused-ring (bicyclic) bond motifs is 2. The Morgan fingerprint density at radius 3 is 1.45 bits per heavy atom. The number of carbonyl (C=O) groups excluding carboxylic acids is 2. The lowest BCUT2D eigenvalue weighted by Gasteiger charge is -2.45. The minimum Gasteiger partial charge on any atom is -0.458 e. The summed E-state index contributed by atoms with van der Waals surface area (Å²) in [6.45, 7) is 2.94. The standard InChI is InChI=1S/C27H28O4/c1-18(28)30-26-22(13-20-9-5-3-6-10-20)15-25-17-24(26)16-23(27(25)31-19(2)29)14-21-11-7-4-8-12-21/h3-14,24-27H,15-17H2,1-2H3/b22-13+,23-14+/t24-,25-,26+,27+/m0/s1. The van der Waals surface area contributed by atoms with Crippen LogP contribution in [0.1, 0.15) is 44.2 Å². The zero-order chi connectivity index (χ0) is 21.8. The lowest BCUT2D eigenvalue weighted by molar-refractivity contribution is -0.153. The fraction of sp³-hybridized carbons (Fsp3) is 0.333. The van der Waals surface area contributed by atoms with Crippen molar-refractivity contribution in [3.8, 4) is 0 Å². The number of hydrogen-bond donors (Lipinski definition) is 0.